The predicted octanol–water partition coefficient (Wildman–Crippen LogP) is 3.87. The lowest BCUT2D eigenvalue weighted by molar-refractivity contribution is 0.306. The third kappa shape index (κ3) is 5.15. The van der Waals surface area contributed by atoms with Crippen LogP contribution >= 0.6 is 0 Å². The number of anilines is 1. The molecule has 0 fully saturated rings. The van der Waals surface area contributed by atoms with Crippen molar-refractivity contribution in [2.45, 2.75) is 33.1 Å². The minimum Gasteiger partial charge on any atom is -0.494 e. The van der Waals surface area contributed by atoms with E-state index in [1.807, 2.05) is 30.3 Å². The minimum atomic E-state index is 0.190. The van der Waals surface area contributed by atoms with Crippen molar-refractivity contribution in [1.82, 2.24) is 4.98 Å². The summed E-state index contributed by atoms with van der Waals surface area (Å²) in [6, 6.07) is 9.59. The van der Waals surface area contributed by atoms with Crippen LogP contribution < -0.4 is 10.2 Å². The van der Waals surface area contributed by atoms with Gasteiger partial charge in [0.2, 0.25) is 5.69 Å². The van der Waals surface area contributed by atoms with E-state index in [-0.39, 0.29) is 11.6 Å². The molecule has 0 radical (unpaired) electrons. The molecule has 0 unspecified atom stereocenters. The van der Waals surface area contributed by atoms with Gasteiger partial charge in [-0.3, -0.25) is 0 Å². The van der Waals surface area contributed by atoms with Gasteiger partial charge in [-0.05, 0) is 36.2 Å². The Bertz CT molecular complexity index is 684. The second kappa shape index (κ2) is 8.59. The number of hydrogen-bond donors (Lipinski definition) is 1. The van der Waals surface area contributed by atoms with Crippen molar-refractivity contribution in [2.24, 2.45) is 5.10 Å². The summed E-state index contributed by atoms with van der Waals surface area (Å²) in [6.45, 7) is 4.58. The SMILES string of the molecule is CCCCCOc1ccc(C=NNc2oc(C)nc2C#N)cc1. The van der Waals surface area contributed by atoms with Crippen molar-refractivity contribution in [3.8, 4) is 11.8 Å². The summed E-state index contributed by atoms with van der Waals surface area (Å²) in [4.78, 5) is 3.93. The van der Waals surface area contributed by atoms with Crippen LogP contribution in [0, 0.1) is 18.3 Å². The molecule has 2 rings (SSSR count). The van der Waals surface area contributed by atoms with Crippen LogP contribution in [0.25, 0.3) is 0 Å². The van der Waals surface area contributed by atoms with E-state index in [1.54, 1.807) is 13.1 Å². The van der Waals surface area contributed by atoms with Gasteiger partial charge in [0.1, 0.15) is 11.8 Å². The molecule has 0 aliphatic rings. The quantitative estimate of drug-likeness (QED) is 0.454. The zero-order chi connectivity index (χ0) is 16.5. The number of rotatable bonds is 8. The third-order valence-electron chi connectivity index (χ3n) is 3.12. The highest BCUT2D eigenvalue weighted by molar-refractivity contribution is 5.80. The number of unbranched alkanes of at least 4 members (excludes halogenated alkanes) is 2. The number of nitrogens with zero attached hydrogens (tertiary/aromatic N) is 3. The maximum absolute atomic E-state index is 8.90. The molecule has 0 amide bonds. The standard InChI is InChI=1S/C17H20N4O2/c1-3-4-5-10-22-15-8-6-14(7-9-15)12-19-21-17-16(11-18)20-13(2)23-17/h6-9,12,21H,3-5,10H2,1-2H3. The molecule has 0 saturated heterocycles. The second-order valence-electron chi connectivity index (χ2n) is 5.02. The van der Waals surface area contributed by atoms with Gasteiger partial charge in [0.15, 0.2) is 5.89 Å². The molecule has 2 aromatic rings. The molecule has 1 aromatic heterocycles. The van der Waals surface area contributed by atoms with E-state index in [4.69, 9.17) is 14.4 Å². The van der Waals surface area contributed by atoms with Gasteiger partial charge in [-0.1, -0.05) is 19.8 Å². The lowest BCUT2D eigenvalue weighted by Crippen LogP contribution is -1.97. The van der Waals surface area contributed by atoms with Gasteiger partial charge >= 0.3 is 0 Å². The maximum Gasteiger partial charge on any atom is 0.252 e. The fraction of sp³-hybridized carbons (Fsp3) is 0.353. The third-order valence-corrected chi connectivity index (χ3v) is 3.12. The van der Waals surface area contributed by atoms with Crippen LogP contribution in [0.2, 0.25) is 0 Å². The first kappa shape index (κ1) is 16.6. The zero-order valence-electron chi connectivity index (χ0n) is 13.4. The molecule has 0 saturated carbocycles. The molecular formula is C17H20N4O2. The summed E-state index contributed by atoms with van der Waals surface area (Å²) < 4.78 is 10.9. The first-order valence-electron chi connectivity index (χ1n) is 7.62. The first-order chi connectivity index (χ1) is 11.2. The molecule has 1 N–H and O–H groups in total. The van der Waals surface area contributed by atoms with Crippen LogP contribution in [0.1, 0.15) is 43.3 Å². The van der Waals surface area contributed by atoms with Crippen LogP contribution in [0.4, 0.5) is 5.88 Å². The Morgan fingerprint density at radius 1 is 1.35 bits per heavy atom. The molecule has 0 bridgehead atoms. The Kier molecular flexibility index (Phi) is 6.18. The maximum atomic E-state index is 8.90. The zero-order valence-corrected chi connectivity index (χ0v) is 13.4. The van der Waals surface area contributed by atoms with E-state index < -0.39 is 0 Å². The van der Waals surface area contributed by atoms with Crippen molar-refractivity contribution >= 4 is 12.1 Å². The number of benzene rings is 1. The highest BCUT2D eigenvalue weighted by Gasteiger charge is 2.08. The molecular weight excluding hydrogens is 292 g/mol. The molecule has 0 aliphatic heterocycles. The van der Waals surface area contributed by atoms with Gasteiger partial charge < -0.3 is 9.15 Å². The van der Waals surface area contributed by atoms with Crippen molar-refractivity contribution in [3.63, 3.8) is 0 Å². The molecule has 0 aliphatic carbocycles. The lowest BCUT2D eigenvalue weighted by Gasteiger charge is -2.05. The van der Waals surface area contributed by atoms with Crippen LogP contribution in [-0.2, 0) is 0 Å². The monoisotopic (exact) mass is 312 g/mol. The molecule has 6 heteroatoms. The van der Waals surface area contributed by atoms with Crippen molar-refractivity contribution in [2.75, 3.05) is 12.0 Å². The first-order valence-corrected chi connectivity index (χ1v) is 7.62. The molecule has 0 atom stereocenters. The molecule has 1 heterocycles. The second-order valence-corrected chi connectivity index (χ2v) is 5.02. The van der Waals surface area contributed by atoms with E-state index in [0.29, 0.717) is 5.89 Å². The topological polar surface area (TPSA) is 83.4 Å². The molecule has 23 heavy (non-hydrogen) atoms. The van der Waals surface area contributed by atoms with Crippen LogP contribution in [-0.4, -0.2) is 17.8 Å². The van der Waals surface area contributed by atoms with Crippen LogP contribution in [0.3, 0.4) is 0 Å². The Hall–Kier alpha value is -2.81. The van der Waals surface area contributed by atoms with E-state index in [1.165, 1.54) is 12.8 Å². The van der Waals surface area contributed by atoms with Crippen molar-refractivity contribution < 1.29 is 9.15 Å². The number of hydrogen-bond acceptors (Lipinski definition) is 6. The van der Waals surface area contributed by atoms with E-state index in [2.05, 4.69) is 22.4 Å². The summed E-state index contributed by atoms with van der Waals surface area (Å²) >= 11 is 0. The number of nitrogens with one attached hydrogen (secondary N) is 1. The van der Waals surface area contributed by atoms with Gasteiger partial charge in [-0.2, -0.15) is 10.4 Å². The lowest BCUT2D eigenvalue weighted by atomic mass is 10.2. The average Bonchev–Trinajstić information content (AvgIpc) is 2.93. The number of ether oxygens (including phenoxy) is 1. The Labute approximate surface area is 135 Å². The van der Waals surface area contributed by atoms with Crippen LogP contribution in [0.5, 0.6) is 5.75 Å². The van der Waals surface area contributed by atoms with Gasteiger partial charge in [0.05, 0.1) is 12.8 Å². The smallest absolute Gasteiger partial charge is 0.252 e. The summed E-state index contributed by atoms with van der Waals surface area (Å²) in [7, 11) is 0. The van der Waals surface area contributed by atoms with Gasteiger partial charge in [-0.15, -0.1) is 0 Å². The highest BCUT2D eigenvalue weighted by atomic mass is 16.5. The summed E-state index contributed by atoms with van der Waals surface area (Å²) in [6.07, 6.45) is 5.08. The molecule has 6 nitrogen and oxygen atoms in total. The van der Waals surface area contributed by atoms with Crippen LogP contribution in [0.15, 0.2) is 33.8 Å². The largest absolute Gasteiger partial charge is 0.494 e. The molecule has 1 aromatic carbocycles. The Morgan fingerprint density at radius 2 is 2.13 bits per heavy atom. The van der Waals surface area contributed by atoms with Gasteiger partial charge in [-0.25, -0.2) is 10.4 Å². The molecule has 120 valence electrons. The highest BCUT2D eigenvalue weighted by Crippen LogP contribution is 2.16. The van der Waals surface area contributed by atoms with E-state index >= 15 is 0 Å². The normalized spacial score (nSPS) is 10.7. The Morgan fingerprint density at radius 3 is 2.83 bits per heavy atom. The van der Waals surface area contributed by atoms with Gasteiger partial charge in [0, 0.05) is 6.92 Å². The number of nitriles is 1. The summed E-state index contributed by atoms with van der Waals surface area (Å²) in [5.41, 5.74) is 3.78. The average molecular weight is 312 g/mol. The summed E-state index contributed by atoms with van der Waals surface area (Å²) in [5, 5.41) is 13.0. The van der Waals surface area contributed by atoms with E-state index in [9.17, 15) is 0 Å². The van der Waals surface area contributed by atoms with Gasteiger partial charge in [0.25, 0.3) is 5.88 Å². The minimum absolute atomic E-state index is 0.190. The van der Waals surface area contributed by atoms with Crippen molar-refractivity contribution in [1.29, 1.82) is 5.26 Å². The number of aromatic nitrogens is 1. The molecule has 0 spiro atoms. The fourth-order valence-electron chi connectivity index (χ4n) is 1.94. The summed E-state index contributed by atoms with van der Waals surface area (Å²) in [5.74, 6) is 1.52. The number of oxazole rings is 1. The Balaban J connectivity index is 1.86. The van der Waals surface area contributed by atoms with Crippen molar-refractivity contribution in [3.05, 3.63) is 41.4 Å². The van der Waals surface area contributed by atoms with E-state index in [0.717, 1.165) is 24.3 Å². The predicted molar refractivity (Wildman–Crippen MR) is 88.6 cm³/mol. The number of hydrazone groups is 1. The number of aryl methyl sites for hydroxylation is 1. The fourth-order valence-corrected chi connectivity index (χ4v) is 1.94.